The molecule has 3 rings (SSSR count). The summed E-state index contributed by atoms with van der Waals surface area (Å²) < 4.78 is 0. The van der Waals surface area contributed by atoms with Crippen LogP contribution in [0, 0.1) is 17.0 Å². The average Bonchev–Trinajstić information content (AvgIpc) is 2.49. The van der Waals surface area contributed by atoms with E-state index in [1.807, 2.05) is 31.2 Å². The number of aryl methyl sites for hydroxylation is 1. The van der Waals surface area contributed by atoms with Gasteiger partial charge in [0.25, 0.3) is 5.69 Å². The zero-order chi connectivity index (χ0) is 14.8. The maximum Gasteiger partial charge on any atom is 0.271 e. The Kier molecular flexibility index (Phi) is 3.19. The van der Waals surface area contributed by atoms with E-state index in [-0.39, 0.29) is 5.69 Å². The van der Waals surface area contributed by atoms with Gasteiger partial charge in [-0.15, -0.1) is 0 Å². The third-order valence-electron chi connectivity index (χ3n) is 3.23. The molecule has 0 saturated carbocycles. The molecule has 104 valence electrons. The van der Waals surface area contributed by atoms with Gasteiger partial charge in [0.05, 0.1) is 10.4 Å². The Labute approximate surface area is 120 Å². The molecule has 0 aliphatic heterocycles. The van der Waals surface area contributed by atoms with Crippen molar-refractivity contribution in [1.82, 2.24) is 9.97 Å². The standard InChI is InChI=1S/C15H12N4O2/c1-10-4-2-3-5-13(10)18-15-12-7-6-11(19(20)21)8-14(12)16-9-17-15/h2-9H,1H3,(H,16,17,18). The maximum atomic E-state index is 10.8. The third-order valence-corrected chi connectivity index (χ3v) is 3.23. The number of nitro groups is 1. The highest BCUT2D eigenvalue weighted by Gasteiger charge is 2.10. The summed E-state index contributed by atoms with van der Waals surface area (Å²) >= 11 is 0. The van der Waals surface area contributed by atoms with E-state index in [1.54, 1.807) is 6.07 Å². The van der Waals surface area contributed by atoms with Crippen LogP contribution in [0.3, 0.4) is 0 Å². The van der Waals surface area contributed by atoms with Crippen LogP contribution in [-0.4, -0.2) is 14.9 Å². The van der Waals surface area contributed by atoms with Crippen molar-refractivity contribution in [2.24, 2.45) is 0 Å². The lowest BCUT2D eigenvalue weighted by Crippen LogP contribution is -1.98. The van der Waals surface area contributed by atoms with Crippen molar-refractivity contribution in [3.05, 3.63) is 64.5 Å². The molecule has 0 atom stereocenters. The van der Waals surface area contributed by atoms with Gasteiger partial charge in [0.1, 0.15) is 12.1 Å². The van der Waals surface area contributed by atoms with Gasteiger partial charge in [-0.25, -0.2) is 9.97 Å². The second-order valence-electron chi connectivity index (χ2n) is 4.62. The molecule has 21 heavy (non-hydrogen) atoms. The highest BCUT2D eigenvalue weighted by atomic mass is 16.6. The Balaban J connectivity index is 2.07. The predicted molar refractivity (Wildman–Crippen MR) is 80.7 cm³/mol. The number of rotatable bonds is 3. The van der Waals surface area contributed by atoms with Gasteiger partial charge in [0.2, 0.25) is 0 Å². The van der Waals surface area contributed by atoms with E-state index >= 15 is 0 Å². The van der Waals surface area contributed by atoms with Crippen molar-refractivity contribution in [3.63, 3.8) is 0 Å². The maximum absolute atomic E-state index is 10.8. The molecule has 3 aromatic rings. The summed E-state index contributed by atoms with van der Waals surface area (Å²) in [5.41, 5.74) is 2.58. The number of nitrogens with one attached hydrogen (secondary N) is 1. The van der Waals surface area contributed by atoms with E-state index in [2.05, 4.69) is 15.3 Å². The molecule has 1 heterocycles. The van der Waals surface area contributed by atoms with E-state index in [0.29, 0.717) is 11.3 Å². The summed E-state index contributed by atoms with van der Waals surface area (Å²) in [6.07, 6.45) is 1.40. The first-order valence-electron chi connectivity index (χ1n) is 6.37. The highest BCUT2D eigenvalue weighted by molar-refractivity contribution is 5.92. The van der Waals surface area contributed by atoms with E-state index < -0.39 is 4.92 Å². The van der Waals surface area contributed by atoms with Crippen LogP contribution in [0.5, 0.6) is 0 Å². The quantitative estimate of drug-likeness (QED) is 0.585. The topological polar surface area (TPSA) is 81.0 Å². The van der Waals surface area contributed by atoms with Crippen LogP contribution in [0.15, 0.2) is 48.8 Å². The van der Waals surface area contributed by atoms with Crippen molar-refractivity contribution in [3.8, 4) is 0 Å². The Bertz CT molecular complexity index is 833. The first kappa shape index (κ1) is 13.0. The number of non-ortho nitro benzene ring substituents is 1. The first-order valence-corrected chi connectivity index (χ1v) is 6.37. The summed E-state index contributed by atoms with van der Waals surface area (Å²) in [6.45, 7) is 2.00. The monoisotopic (exact) mass is 280 g/mol. The summed E-state index contributed by atoms with van der Waals surface area (Å²) in [6, 6.07) is 12.4. The van der Waals surface area contributed by atoms with Crippen LogP contribution >= 0.6 is 0 Å². The fraction of sp³-hybridized carbons (Fsp3) is 0.0667. The Morgan fingerprint density at radius 1 is 1.14 bits per heavy atom. The van der Waals surface area contributed by atoms with Crippen molar-refractivity contribution in [2.45, 2.75) is 6.92 Å². The van der Waals surface area contributed by atoms with E-state index in [0.717, 1.165) is 16.6 Å². The normalized spacial score (nSPS) is 10.5. The molecule has 1 N–H and O–H groups in total. The fourth-order valence-corrected chi connectivity index (χ4v) is 2.10. The van der Waals surface area contributed by atoms with Crippen molar-refractivity contribution >= 4 is 28.1 Å². The zero-order valence-electron chi connectivity index (χ0n) is 11.3. The van der Waals surface area contributed by atoms with Crippen LogP contribution in [-0.2, 0) is 0 Å². The molecule has 0 saturated heterocycles. The lowest BCUT2D eigenvalue weighted by Gasteiger charge is -2.10. The Morgan fingerprint density at radius 3 is 2.71 bits per heavy atom. The van der Waals surface area contributed by atoms with Gasteiger partial charge in [0.15, 0.2) is 0 Å². The lowest BCUT2D eigenvalue weighted by molar-refractivity contribution is -0.384. The van der Waals surface area contributed by atoms with Gasteiger partial charge < -0.3 is 5.32 Å². The molecule has 0 bridgehead atoms. The number of benzene rings is 2. The molecule has 0 amide bonds. The second-order valence-corrected chi connectivity index (χ2v) is 4.62. The van der Waals surface area contributed by atoms with E-state index in [1.165, 1.54) is 18.5 Å². The molecule has 0 aliphatic rings. The van der Waals surface area contributed by atoms with Crippen LogP contribution in [0.25, 0.3) is 10.9 Å². The number of anilines is 2. The molecule has 0 unspecified atom stereocenters. The molecule has 0 radical (unpaired) electrons. The number of hydrogen-bond donors (Lipinski definition) is 1. The number of fused-ring (bicyclic) bond motifs is 1. The largest absolute Gasteiger partial charge is 0.339 e. The number of para-hydroxylation sites is 1. The molecular weight excluding hydrogens is 268 g/mol. The van der Waals surface area contributed by atoms with Crippen LogP contribution in [0.1, 0.15) is 5.56 Å². The van der Waals surface area contributed by atoms with Gasteiger partial charge in [-0.2, -0.15) is 0 Å². The summed E-state index contributed by atoms with van der Waals surface area (Å²) in [7, 11) is 0. The molecular formula is C15H12N4O2. The minimum Gasteiger partial charge on any atom is -0.339 e. The van der Waals surface area contributed by atoms with Gasteiger partial charge in [0, 0.05) is 23.2 Å². The van der Waals surface area contributed by atoms with E-state index in [9.17, 15) is 10.1 Å². The Morgan fingerprint density at radius 2 is 1.95 bits per heavy atom. The van der Waals surface area contributed by atoms with Gasteiger partial charge in [-0.3, -0.25) is 10.1 Å². The molecule has 6 nitrogen and oxygen atoms in total. The third kappa shape index (κ3) is 2.51. The van der Waals surface area contributed by atoms with Crippen LogP contribution in [0.2, 0.25) is 0 Å². The summed E-state index contributed by atoms with van der Waals surface area (Å²) in [4.78, 5) is 18.7. The molecule has 2 aromatic carbocycles. The molecule has 1 aromatic heterocycles. The molecule has 0 fully saturated rings. The number of hydrogen-bond acceptors (Lipinski definition) is 5. The smallest absolute Gasteiger partial charge is 0.271 e. The van der Waals surface area contributed by atoms with Crippen LogP contribution < -0.4 is 5.32 Å². The molecule has 0 aliphatic carbocycles. The Hall–Kier alpha value is -3.02. The average molecular weight is 280 g/mol. The number of aromatic nitrogens is 2. The van der Waals surface area contributed by atoms with Crippen molar-refractivity contribution < 1.29 is 4.92 Å². The lowest BCUT2D eigenvalue weighted by atomic mass is 10.2. The number of nitro benzene ring substituents is 1. The van der Waals surface area contributed by atoms with Gasteiger partial charge in [-0.05, 0) is 24.6 Å². The zero-order valence-corrected chi connectivity index (χ0v) is 11.3. The van der Waals surface area contributed by atoms with Crippen molar-refractivity contribution in [1.29, 1.82) is 0 Å². The van der Waals surface area contributed by atoms with Gasteiger partial charge in [-0.1, -0.05) is 18.2 Å². The summed E-state index contributed by atoms with van der Waals surface area (Å²) in [5, 5.41) is 14.8. The highest BCUT2D eigenvalue weighted by Crippen LogP contribution is 2.27. The second kappa shape index (κ2) is 5.16. The van der Waals surface area contributed by atoms with Crippen molar-refractivity contribution in [2.75, 3.05) is 5.32 Å². The number of nitrogens with zero attached hydrogens (tertiary/aromatic N) is 3. The SMILES string of the molecule is Cc1ccccc1Nc1ncnc2cc([N+](=O)[O-])ccc12. The summed E-state index contributed by atoms with van der Waals surface area (Å²) in [5.74, 6) is 0.629. The van der Waals surface area contributed by atoms with Crippen LogP contribution in [0.4, 0.5) is 17.2 Å². The predicted octanol–water partition coefficient (Wildman–Crippen LogP) is 3.59. The molecule has 0 spiro atoms. The fourth-order valence-electron chi connectivity index (χ4n) is 2.10. The van der Waals surface area contributed by atoms with E-state index in [4.69, 9.17) is 0 Å². The first-order chi connectivity index (χ1) is 10.1. The molecule has 6 heteroatoms. The minimum absolute atomic E-state index is 0.0167. The minimum atomic E-state index is -0.435. The van der Waals surface area contributed by atoms with Gasteiger partial charge >= 0.3 is 0 Å².